The summed E-state index contributed by atoms with van der Waals surface area (Å²) in [6.45, 7) is 8.58. The average Bonchev–Trinajstić information content (AvgIpc) is 2.80. The van der Waals surface area contributed by atoms with Crippen molar-refractivity contribution >= 4 is 5.97 Å². The predicted molar refractivity (Wildman–Crippen MR) is 122 cm³/mol. The van der Waals surface area contributed by atoms with Crippen LogP contribution in [0.1, 0.15) is 79.1 Å². The fourth-order valence-corrected chi connectivity index (χ4v) is 3.63. The Hall–Kier alpha value is -0.910. The van der Waals surface area contributed by atoms with E-state index in [1.807, 2.05) is 27.7 Å². The highest BCUT2D eigenvalue weighted by atomic mass is 19.3. The molecule has 1 aliphatic rings. The number of hydrogen-bond acceptors (Lipinski definition) is 7. The highest BCUT2D eigenvalue weighted by molar-refractivity contribution is 5.77. The Morgan fingerprint density at radius 1 is 0.853 bits per heavy atom. The second-order valence-corrected chi connectivity index (χ2v) is 8.68. The van der Waals surface area contributed by atoms with Crippen molar-refractivity contribution < 1.29 is 47.5 Å². The Morgan fingerprint density at radius 2 is 1.32 bits per heavy atom. The molecule has 5 atom stereocenters. The Kier molecular flexibility index (Phi) is 14.6. The number of aliphatic hydroxyl groups is 1. The first kappa shape index (κ1) is 31.1. The number of carboxylic acids is 1. The van der Waals surface area contributed by atoms with E-state index in [1.54, 1.807) is 0 Å². The molecule has 1 fully saturated rings. The number of aliphatic carboxylic acids is 1. The molecule has 0 bridgehead atoms. The Labute approximate surface area is 202 Å². The quantitative estimate of drug-likeness (QED) is 0.256. The van der Waals surface area contributed by atoms with E-state index >= 15 is 0 Å². The predicted octanol–water partition coefficient (Wildman–Crippen LogP) is 4.17. The maximum Gasteiger partial charge on any atom is 0.397 e. The van der Waals surface area contributed by atoms with Crippen LogP contribution in [-0.2, 0) is 28.5 Å². The van der Waals surface area contributed by atoms with Crippen molar-refractivity contribution in [3.8, 4) is 0 Å². The molecule has 0 aromatic heterocycles. The van der Waals surface area contributed by atoms with E-state index in [9.17, 15) is 23.8 Å². The number of rotatable bonds is 19. The summed E-state index contributed by atoms with van der Waals surface area (Å²) in [5.41, 5.74) is 0. The Bertz CT molecular complexity index is 565. The van der Waals surface area contributed by atoms with Gasteiger partial charge < -0.3 is 33.9 Å². The largest absolute Gasteiger partial charge is 0.477 e. The van der Waals surface area contributed by atoms with Crippen molar-refractivity contribution in [1.82, 2.24) is 0 Å². The number of alkyl halides is 2. The second-order valence-electron chi connectivity index (χ2n) is 8.68. The summed E-state index contributed by atoms with van der Waals surface area (Å²) >= 11 is 0. The third kappa shape index (κ3) is 8.34. The van der Waals surface area contributed by atoms with Gasteiger partial charge in [0.15, 0.2) is 0 Å². The number of unbranched alkanes of at least 4 members (excludes halogenated alkanes) is 4. The van der Waals surface area contributed by atoms with Gasteiger partial charge in [0.2, 0.25) is 0 Å². The molecule has 0 spiro atoms. The molecular formula is C24H44F2O8. The van der Waals surface area contributed by atoms with Crippen molar-refractivity contribution in [3.63, 3.8) is 0 Å². The standard InChI is InChI=1S/C24H44F2O8/c1-5-9-13-30-17-18-19(31-14-10-6-2)20(32-15-11-7-3)21(33-16-12-8-4)24(29,34-18)23(25,26)22(27)28/h18-21,29H,5-17H2,1-4H3,(H,27,28)/t18-,19-,20+,21-,24-/m1/s1. The van der Waals surface area contributed by atoms with E-state index in [4.69, 9.17) is 23.7 Å². The monoisotopic (exact) mass is 498 g/mol. The maximum absolute atomic E-state index is 15.0. The lowest BCUT2D eigenvalue weighted by Gasteiger charge is -2.51. The zero-order valence-electron chi connectivity index (χ0n) is 21.1. The SMILES string of the molecule is CCCCOC[C@H]1O[C@@](O)(C(F)(F)C(=O)O)[C@H](OCCCC)[C@@H](OCCCC)[C@@H]1OCCCC. The van der Waals surface area contributed by atoms with Gasteiger partial charge in [-0.05, 0) is 25.7 Å². The molecule has 1 heterocycles. The topological polar surface area (TPSA) is 104 Å². The number of halogens is 2. The van der Waals surface area contributed by atoms with Gasteiger partial charge in [0, 0.05) is 26.4 Å². The van der Waals surface area contributed by atoms with Crippen LogP contribution in [0, 0.1) is 0 Å². The molecule has 10 heteroatoms. The van der Waals surface area contributed by atoms with E-state index in [0.29, 0.717) is 32.5 Å². The Balaban J connectivity index is 3.40. The van der Waals surface area contributed by atoms with Gasteiger partial charge in [0.25, 0.3) is 5.79 Å². The van der Waals surface area contributed by atoms with Crippen molar-refractivity contribution in [3.05, 3.63) is 0 Å². The van der Waals surface area contributed by atoms with Gasteiger partial charge in [0.1, 0.15) is 24.4 Å². The van der Waals surface area contributed by atoms with Crippen LogP contribution in [0.3, 0.4) is 0 Å². The molecule has 202 valence electrons. The smallest absolute Gasteiger partial charge is 0.397 e. The van der Waals surface area contributed by atoms with Crippen molar-refractivity contribution in [1.29, 1.82) is 0 Å². The maximum atomic E-state index is 15.0. The third-order valence-electron chi connectivity index (χ3n) is 5.76. The summed E-state index contributed by atoms with van der Waals surface area (Å²) in [6, 6.07) is 0. The number of carbonyl (C=O) groups is 1. The van der Waals surface area contributed by atoms with E-state index < -0.39 is 42.1 Å². The lowest BCUT2D eigenvalue weighted by Crippen LogP contribution is -2.74. The first-order valence-corrected chi connectivity index (χ1v) is 12.6. The fourth-order valence-electron chi connectivity index (χ4n) is 3.63. The zero-order valence-corrected chi connectivity index (χ0v) is 21.1. The van der Waals surface area contributed by atoms with Crippen molar-refractivity contribution in [2.24, 2.45) is 0 Å². The summed E-state index contributed by atoms with van der Waals surface area (Å²) in [7, 11) is 0. The molecule has 0 unspecified atom stereocenters. The van der Waals surface area contributed by atoms with Gasteiger partial charge in [-0.15, -0.1) is 0 Å². The van der Waals surface area contributed by atoms with Gasteiger partial charge in [-0.1, -0.05) is 53.4 Å². The minimum absolute atomic E-state index is 0.0233. The molecule has 1 aliphatic heterocycles. The molecule has 0 aromatic rings. The van der Waals surface area contributed by atoms with Crippen LogP contribution in [0.15, 0.2) is 0 Å². The van der Waals surface area contributed by atoms with Crippen LogP contribution < -0.4 is 0 Å². The molecule has 2 N–H and O–H groups in total. The molecule has 1 saturated heterocycles. The number of carboxylic acid groups (broad SMARTS) is 1. The van der Waals surface area contributed by atoms with Gasteiger partial charge in [0.05, 0.1) is 6.61 Å². The first-order valence-electron chi connectivity index (χ1n) is 12.6. The molecule has 1 rings (SSSR count). The summed E-state index contributed by atoms with van der Waals surface area (Å²) < 4.78 is 58.8. The molecular weight excluding hydrogens is 454 g/mol. The van der Waals surface area contributed by atoms with Crippen LogP contribution in [0.5, 0.6) is 0 Å². The van der Waals surface area contributed by atoms with Crippen LogP contribution in [0.25, 0.3) is 0 Å². The molecule has 0 saturated carbocycles. The first-order chi connectivity index (χ1) is 16.2. The summed E-state index contributed by atoms with van der Waals surface area (Å²) in [5, 5.41) is 20.4. The molecule has 0 radical (unpaired) electrons. The lowest BCUT2D eigenvalue weighted by molar-refractivity contribution is -0.414. The fraction of sp³-hybridized carbons (Fsp3) is 0.958. The van der Waals surface area contributed by atoms with Crippen molar-refractivity contribution in [2.45, 2.75) is 115 Å². The van der Waals surface area contributed by atoms with E-state index in [-0.39, 0.29) is 19.8 Å². The van der Waals surface area contributed by atoms with Crippen LogP contribution in [-0.4, -0.2) is 85.3 Å². The molecule has 0 aromatic carbocycles. The summed E-state index contributed by atoms with van der Waals surface area (Å²) in [6.07, 6.45) is 0.861. The van der Waals surface area contributed by atoms with Gasteiger partial charge in [-0.2, -0.15) is 8.78 Å². The Morgan fingerprint density at radius 3 is 1.82 bits per heavy atom. The molecule has 0 amide bonds. The number of ether oxygens (including phenoxy) is 5. The minimum atomic E-state index is -4.66. The van der Waals surface area contributed by atoms with Gasteiger partial charge >= 0.3 is 11.9 Å². The van der Waals surface area contributed by atoms with Crippen molar-refractivity contribution in [2.75, 3.05) is 33.0 Å². The highest BCUT2D eigenvalue weighted by Crippen LogP contribution is 2.43. The van der Waals surface area contributed by atoms with E-state index in [0.717, 1.165) is 32.1 Å². The average molecular weight is 499 g/mol. The van der Waals surface area contributed by atoms with Crippen LogP contribution in [0.2, 0.25) is 0 Å². The molecule has 8 nitrogen and oxygen atoms in total. The lowest BCUT2D eigenvalue weighted by atomic mass is 9.88. The van der Waals surface area contributed by atoms with Gasteiger partial charge in [-0.3, -0.25) is 0 Å². The third-order valence-corrected chi connectivity index (χ3v) is 5.76. The summed E-state index contributed by atoms with van der Waals surface area (Å²) in [5.74, 6) is -10.6. The summed E-state index contributed by atoms with van der Waals surface area (Å²) in [4.78, 5) is 11.5. The molecule has 34 heavy (non-hydrogen) atoms. The van der Waals surface area contributed by atoms with E-state index in [2.05, 4.69) is 0 Å². The number of hydrogen-bond donors (Lipinski definition) is 2. The van der Waals surface area contributed by atoms with Crippen LogP contribution in [0.4, 0.5) is 8.78 Å². The van der Waals surface area contributed by atoms with Gasteiger partial charge in [-0.25, -0.2) is 4.79 Å². The highest BCUT2D eigenvalue weighted by Gasteiger charge is 2.71. The zero-order chi connectivity index (χ0) is 25.6. The van der Waals surface area contributed by atoms with Crippen LogP contribution >= 0.6 is 0 Å². The second kappa shape index (κ2) is 16.0. The van der Waals surface area contributed by atoms with E-state index in [1.165, 1.54) is 0 Å². The molecule has 0 aliphatic carbocycles. The minimum Gasteiger partial charge on any atom is -0.477 e. The normalized spacial score (nSPS) is 27.7.